The number of carbonyl (C=O) groups excluding carboxylic acids is 1. The molecule has 1 N–H and O–H groups in total. The molecule has 0 spiro atoms. The molecule has 82 valence electrons. The SMILES string of the molecule is COC(=O)C(C)CNc1ccc(C)cc1. The van der Waals surface area contributed by atoms with Gasteiger partial charge in [-0.3, -0.25) is 4.79 Å². The van der Waals surface area contributed by atoms with Crippen molar-refractivity contribution in [2.45, 2.75) is 13.8 Å². The molecule has 1 aromatic rings. The van der Waals surface area contributed by atoms with Gasteiger partial charge in [-0.05, 0) is 19.1 Å². The minimum absolute atomic E-state index is 0.128. The van der Waals surface area contributed by atoms with Crippen molar-refractivity contribution in [3.63, 3.8) is 0 Å². The fraction of sp³-hybridized carbons (Fsp3) is 0.417. The van der Waals surface area contributed by atoms with Gasteiger partial charge >= 0.3 is 5.97 Å². The Hall–Kier alpha value is -1.51. The highest BCUT2D eigenvalue weighted by Crippen LogP contribution is 2.09. The molecule has 0 saturated carbocycles. The second-order valence-electron chi connectivity index (χ2n) is 3.67. The zero-order valence-electron chi connectivity index (χ0n) is 9.41. The molecule has 1 rings (SSSR count). The predicted octanol–water partition coefficient (Wildman–Crippen LogP) is 2.22. The van der Waals surface area contributed by atoms with Crippen LogP contribution in [0.2, 0.25) is 0 Å². The van der Waals surface area contributed by atoms with E-state index >= 15 is 0 Å². The molecule has 0 amide bonds. The van der Waals surface area contributed by atoms with Crippen molar-refractivity contribution in [3.05, 3.63) is 29.8 Å². The highest BCUT2D eigenvalue weighted by atomic mass is 16.5. The van der Waals surface area contributed by atoms with E-state index in [1.807, 2.05) is 38.1 Å². The van der Waals surface area contributed by atoms with Crippen LogP contribution in [0.4, 0.5) is 5.69 Å². The van der Waals surface area contributed by atoms with Gasteiger partial charge in [0.05, 0.1) is 13.0 Å². The van der Waals surface area contributed by atoms with Gasteiger partial charge < -0.3 is 10.1 Å². The Morgan fingerprint density at radius 3 is 2.53 bits per heavy atom. The van der Waals surface area contributed by atoms with Gasteiger partial charge in [-0.25, -0.2) is 0 Å². The van der Waals surface area contributed by atoms with E-state index in [4.69, 9.17) is 0 Å². The molecule has 0 bridgehead atoms. The summed E-state index contributed by atoms with van der Waals surface area (Å²) in [5, 5.41) is 3.19. The summed E-state index contributed by atoms with van der Waals surface area (Å²) in [7, 11) is 1.41. The molecule has 15 heavy (non-hydrogen) atoms. The molecule has 0 heterocycles. The number of carbonyl (C=O) groups is 1. The van der Waals surface area contributed by atoms with Crippen LogP contribution < -0.4 is 5.32 Å². The smallest absolute Gasteiger partial charge is 0.310 e. The molecule has 0 aliphatic rings. The van der Waals surface area contributed by atoms with Crippen molar-refractivity contribution in [2.24, 2.45) is 5.92 Å². The lowest BCUT2D eigenvalue weighted by molar-refractivity contribution is -0.144. The average Bonchev–Trinajstić information content (AvgIpc) is 2.26. The Morgan fingerprint density at radius 1 is 1.40 bits per heavy atom. The fourth-order valence-corrected chi connectivity index (χ4v) is 1.23. The number of benzene rings is 1. The number of ether oxygens (including phenoxy) is 1. The molecule has 0 aliphatic carbocycles. The highest BCUT2D eigenvalue weighted by Gasteiger charge is 2.11. The predicted molar refractivity (Wildman–Crippen MR) is 60.8 cm³/mol. The zero-order valence-corrected chi connectivity index (χ0v) is 9.41. The van der Waals surface area contributed by atoms with Crippen LogP contribution in [-0.2, 0) is 9.53 Å². The van der Waals surface area contributed by atoms with Crippen molar-refractivity contribution < 1.29 is 9.53 Å². The van der Waals surface area contributed by atoms with Crippen molar-refractivity contribution in [3.8, 4) is 0 Å². The summed E-state index contributed by atoms with van der Waals surface area (Å²) < 4.78 is 4.64. The minimum atomic E-state index is -0.186. The molecule has 0 aromatic heterocycles. The summed E-state index contributed by atoms with van der Waals surface area (Å²) >= 11 is 0. The van der Waals surface area contributed by atoms with Crippen molar-refractivity contribution >= 4 is 11.7 Å². The summed E-state index contributed by atoms with van der Waals surface area (Å²) in [6.45, 7) is 4.48. The zero-order chi connectivity index (χ0) is 11.3. The molecule has 3 heteroatoms. The first-order valence-electron chi connectivity index (χ1n) is 5.02. The van der Waals surface area contributed by atoms with Gasteiger partial charge in [0, 0.05) is 12.2 Å². The Balaban J connectivity index is 2.43. The molecule has 0 saturated heterocycles. The topological polar surface area (TPSA) is 38.3 Å². The summed E-state index contributed by atoms with van der Waals surface area (Å²) in [4.78, 5) is 11.1. The number of hydrogen-bond acceptors (Lipinski definition) is 3. The van der Waals surface area contributed by atoms with Crippen LogP contribution in [0.15, 0.2) is 24.3 Å². The molecular weight excluding hydrogens is 190 g/mol. The van der Waals surface area contributed by atoms with Gasteiger partial charge in [0.25, 0.3) is 0 Å². The van der Waals surface area contributed by atoms with Crippen LogP contribution >= 0.6 is 0 Å². The standard InChI is InChI=1S/C12H17NO2/c1-9-4-6-11(7-5-9)13-8-10(2)12(14)15-3/h4-7,10,13H,8H2,1-3H3. The maximum Gasteiger partial charge on any atom is 0.310 e. The number of nitrogens with one attached hydrogen (secondary N) is 1. The van der Waals surface area contributed by atoms with Crippen LogP contribution in [0.25, 0.3) is 0 Å². The Kier molecular flexibility index (Phi) is 4.16. The lowest BCUT2D eigenvalue weighted by Gasteiger charge is -2.11. The van der Waals surface area contributed by atoms with Gasteiger partial charge in [0.15, 0.2) is 0 Å². The van der Waals surface area contributed by atoms with E-state index in [0.717, 1.165) is 5.69 Å². The van der Waals surface area contributed by atoms with Crippen LogP contribution in [0.3, 0.4) is 0 Å². The molecule has 1 atom stereocenters. The van der Waals surface area contributed by atoms with Gasteiger partial charge in [-0.1, -0.05) is 24.6 Å². The normalized spacial score (nSPS) is 11.9. The number of hydrogen-bond donors (Lipinski definition) is 1. The quantitative estimate of drug-likeness (QED) is 0.769. The van der Waals surface area contributed by atoms with E-state index < -0.39 is 0 Å². The van der Waals surface area contributed by atoms with Crippen LogP contribution in [0.1, 0.15) is 12.5 Å². The third-order valence-electron chi connectivity index (χ3n) is 2.27. The Bertz CT molecular complexity index is 319. The summed E-state index contributed by atoms with van der Waals surface area (Å²) in [6, 6.07) is 8.06. The monoisotopic (exact) mass is 207 g/mol. The fourth-order valence-electron chi connectivity index (χ4n) is 1.23. The average molecular weight is 207 g/mol. The molecule has 0 radical (unpaired) electrons. The lowest BCUT2D eigenvalue weighted by atomic mass is 10.1. The van der Waals surface area contributed by atoms with Gasteiger partial charge in [-0.15, -0.1) is 0 Å². The second kappa shape index (κ2) is 5.39. The summed E-state index contributed by atoms with van der Waals surface area (Å²) in [5.74, 6) is -0.314. The first-order chi connectivity index (χ1) is 7.13. The van der Waals surface area contributed by atoms with E-state index in [0.29, 0.717) is 6.54 Å². The number of aryl methyl sites for hydroxylation is 1. The maximum atomic E-state index is 11.1. The molecule has 3 nitrogen and oxygen atoms in total. The number of methoxy groups -OCH3 is 1. The lowest BCUT2D eigenvalue weighted by Crippen LogP contribution is -2.21. The Labute approximate surface area is 90.4 Å². The molecular formula is C12H17NO2. The molecule has 1 aromatic carbocycles. The maximum absolute atomic E-state index is 11.1. The van der Waals surface area contributed by atoms with Crippen molar-refractivity contribution in [1.29, 1.82) is 0 Å². The summed E-state index contributed by atoms with van der Waals surface area (Å²) in [6.07, 6.45) is 0. The third kappa shape index (κ3) is 3.62. The van der Waals surface area contributed by atoms with E-state index in [-0.39, 0.29) is 11.9 Å². The van der Waals surface area contributed by atoms with E-state index in [1.165, 1.54) is 12.7 Å². The highest BCUT2D eigenvalue weighted by molar-refractivity contribution is 5.72. The van der Waals surface area contributed by atoms with Gasteiger partial charge in [0.2, 0.25) is 0 Å². The third-order valence-corrected chi connectivity index (χ3v) is 2.27. The van der Waals surface area contributed by atoms with E-state index in [1.54, 1.807) is 0 Å². The number of esters is 1. The van der Waals surface area contributed by atoms with Crippen LogP contribution in [0, 0.1) is 12.8 Å². The number of rotatable bonds is 4. The minimum Gasteiger partial charge on any atom is -0.469 e. The molecule has 0 aliphatic heterocycles. The molecule has 0 fully saturated rings. The van der Waals surface area contributed by atoms with Crippen molar-refractivity contribution in [1.82, 2.24) is 0 Å². The number of anilines is 1. The second-order valence-corrected chi connectivity index (χ2v) is 3.67. The summed E-state index contributed by atoms with van der Waals surface area (Å²) in [5.41, 5.74) is 2.25. The van der Waals surface area contributed by atoms with Crippen LogP contribution in [0.5, 0.6) is 0 Å². The molecule has 1 unspecified atom stereocenters. The van der Waals surface area contributed by atoms with E-state index in [2.05, 4.69) is 10.1 Å². The van der Waals surface area contributed by atoms with Gasteiger partial charge in [-0.2, -0.15) is 0 Å². The first kappa shape index (κ1) is 11.6. The largest absolute Gasteiger partial charge is 0.469 e. The Morgan fingerprint density at radius 2 is 2.00 bits per heavy atom. The van der Waals surface area contributed by atoms with Gasteiger partial charge in [0.1, 0.15) is 0 Å². The first-order valence-corrected chi connectivity index (χ1v) is 5.02. The van der Waals surface area contributed by atoms with Crippen LogP contribution in [-0.4, -0.2) is 19.6 Å². The van der Waals surface area contributed by atoms with Crippen molar-refractivity contribution in [2.75, 3.05) is 19.0 Å². The van der Waals surface area contributed by atoms with E-state index in [9.17, 15) is 4.79 Å².